The van der Waals surface area contributed by atoms with Gasteiger partial charge in [0, 0.05) is 41.5 Å². The fraction of sp³-hybridized carbons (Fsp3) is 0.364. The third-order valence-corrected chi connectivity index (χ3v) is 5.97. The van der Waals surface area contributed by atoms with Crippen molar-refractivity contribution in [3.63, 3.8) is 0 Å². The van der Waals surface area contributed by atoms with Gasteiger partial charge in [-0.25, -0.2) is 19.3 Å². The lowest BCUT2D eigenvalue weighted by Crippen LogP contribution is -2.40. The zero-order chi connectivity index (χ0) is 21.1. The van der Waals surface area contributed by atoms with Crippen LogP contribution < -0.4 is 5.32 Å². The van der Waals surface area contributed by atoms with Crippen LogP contribution in [-0.4, -0.2) is 38.8 Å². The molecular weight excluding hydrogens is 401 g/mol. The summed E-state index contributed by atoms with van der Waals surface area (Å²) in [6, 6.07) is 7.72. The number of halogens is 1. The van der Waals surface area contributed by atoms with Gasteiger partial charge in [0.15, 0.2) is 5.13 Å². The van der Waals surface area contributed by atoms with Crippen molar-refractivity contribution in [1.29, 1.82) is 0 Å². The van der Waals surface area contributed by atoms with Gasteiger partial charge in [0.1, 0.15) is 17.5 Å². The summed E-state index contributed by atoms with van der Waals surface area (Å²) < 4.78 is 13.2. The molecule has 1 amide bonds. The Morgan fingerprint density at radius 3 is 2.80 bits per heavy atom. The first kappa shape index (κ1) is 20.4. The van der Waals surface area contributed by atoms with E-state index in [0.29, 0.717) is 23.9 Å². The molecule has 4 rings (SSSR count). The highest BCUT2D eigenvalue weighted by molar-refractivity contribution is 7.15. The van der Waals surface area contributed by atoms with E-state index in [-0.39, 0.29) is 11.7 Å². The second-order valence-electron chi connectivity index (χ2n) is 7.66. The van der Waals surface area contributed by atoms with E-state index in [1.54, 1.807) is 23.5 Å². The van der Waals surface area contributed by atoms with Gasteiger partial charge in [-0.1, -0.05) is 0 Å². The Labute approximate surface area is 179 Å². The third kappa shape index (κ3) is 4.99. The van der Waals surface area contributed by atoms with E-state index in [2.05, 4.69) is 20.3 Å². The summed E-state index contributed by atoms with van der Waals surface area (Å²) >= 11 is 1.58. The predicted molar refractivity (Wildman–Crippen MR) is 116 cm³/mol. The lowest BCUT2D eigenvalue weighted by molar-refractivity contribution is 0.0672. The van der Waals surface area contributed by atoms with E-state index in [1.807, 2.05) is 31.0 Å². The SMILES string of the molecule is Cc1nc(C[C@@H]2CCCN(C(=O)c3ccc(F)cc3)C2)cc(Nc2ncc(C)s2)n1. The zero-order valence-electron chi connectivity index (χ0n) is 17.1. The molecule has 0 unspecified atom stereocenters. The van der Waals surface area contributed by atoms with E-state index < -0.39 is 0 Å². The molecule has 1 atom stereocenters. The molecule has 1 fully saturated rings. The first-order valence-corrected chi connectivity index (χ1v) is 10.9. The molecule has 1 aliphatic heterocycles. The largest absolute Gasteiger partial charge is 0.338 e. The number of rotatable bonds is 5. The molecule has 156 valence electrons. The lowest BCUT2D eigenvalue weighted by atomic mass is 9.92. The highest BCUT2D eigenvalue weighted by Crippen LogP contribution is 2.25. The number of likely N-dealkylation sites (tertiary alicyclic amines) is 1. The number of nitrogens with zero attached hydrogens (tertiary/aromatic N) is 4. The molecule has 1 N–H and O–H groups in total. The van der Waals surface area contributed by atoms with Crippen molar-refractivity contribution in [3.8, 4) is 0 Å². The van der Waals surface area contributed by atoms with Crippen LogP contribution >= 0.6 is 11.3 Å². The fourth-order valence-electron chi connectivity index (χ4n) is 3.81. The molecule has 0 aliphatic carbocycles. The highest BCUT2D eigenvalue weighted by Gasteiger charge is 2.25. The monoisotopic (exact) mass is 425 g/mol. The Bertz CT molecular complexity index is 1040. The molecule has 8 heteroatoms. The van der Waals surface area contributed by atoms with Crippen molar-refractivity contribution < 1.29 is 9.18 Å². The minimum atomic E-state index is -0.334. The highest BCUT2D eigenvalue weighted by atomic mass is 32.1. The number of aryl methyl sites for hydroxylation is 2. The van der Waals surface area contributed by atoms with Crippen molar-refractivity contribution in [2.45, 2.75) is 33.1 Å². The van der Waals surface area contributed by atoms with Gasteiger partial charge in [-0.3, -0.25) is 4.79 Å². The molecule has 0 radical (unpaired) electrons. The van der Waals surface area contributed by atoms with Crippen LogP contribution in [0.3, 0.4) is 0 Å². The molecule has 0 saturated carbocycles. The molecule has 1 saturated heterocycles. The maximum Gasteiger partial charge on any atom is 0.253 e. The van der Waals surface area contributed by atoms with Gasteiger partial charge in [-0.15, -0.1) is 11.3 Å². The lowest BCUT2D eigenvalue weighted by Gasteiger charge is -2.33. The summed E-state index contributed by atoms with van der Waals surface area (Å²) in [4.78, 5) is 29.2. The fourth-order valence-corrected chi connectivity index (χ4v) is 4.48. The topological polar surface area (TPSA) is 71.0 Å². The molecule has 0 spiro atoms. The number of thiazole rings is 1. The van der Waals surface area contributed by atoms with Crippen LogP contribution in [0.2, 0.25) is 0 Å². The van der Waals surface area contributed by atoms with Gasteiger partial charge >= 0.3 is 0 Å². The maximum absolute atomic E-state index is 13.2. The zero-order valence-corrected chi connectivity index (χ0v) is 17.9. The normalized spacial score (nSPS) is 16.5. The van der Waals surface area contributed by atoms with Crippen LogP contribution in [0.1, 0.15) is 39.6 Å². The number of carbonyl (C=O) groups is 1. The average Bonchev–Trinajstić information content (AvgIpc) is 3.12. The van der Waals surface area contributed by atoms with Crippen LogP contribution in [-0.2, 0) is 6.42 Å². The van der Waals surface area contributed by atoms with Crippen LogP contribution in [0.5, 0.6) is 0 Å². The minimum absolute atomic E-state index is 0.0416. The number of piperidine rings is 1. The number of hydrogen-bond acceptors (Lipinski definition) is 6. The summed E-state index contributed by atoms with van der Waals surface area (Å²) in [5.41, 5.74) is 1.49. The predicted octanol–water partition coefficient (Wildman–Crippen LogP) is 4.53. The Morgan fingerprint density at radius 2 is 2.07 bits per heavy atom. The minimum Gasteiger partial charge on any atom is -0.338 e. The van der Waals surface area contributed by atoms with Crippen LogP contribution in [0.15, 0.2) is 36.5 Å². The van der Waals surface area contributed by atoms with Gasteiger partial charge in [0.2, 0.25) is 0 Å². The van der Waals surface area contributed by atoms with E-state index in [4.69, 9.17) is 0 Å². The number of nitrogens with one attached hydrogen (secondary N) is 1. The van der Waals surface area contributed by atoms with Gasteiger partial charge in [0.25, 0.3) is 5.91 Å². The first-order valence-electron chi connectivity index (χ1n) is 10.0. The van der Waals surface area contributed by atoms with Crippen molar-refractivity contribution in [2.75, 3.05) is 18.4 Å². The molecule has 1 aromatic carbocycles. The first-order chi connectivity index (χ1) is 14.5. The third-order valence-electron chi connectivity index (χ3n) is 5.14. The average molecular weight is 426 g/mol. The Hall–Kier alpha value is -2.87. The van der Waals surface area contributed by atoms with Crippen LogP contribution in [0, 0.1) is 25.6 Å². The number of anilines is 2. The van der Waals surface area contributed by atoms with Crippen LogP contribution in [0.4, 0.5) is 15.3 Å². The molecule has 6 nitrogen and oxygen atoms in total. The molecule has 0 bridgehead atoms. The van der Waals surface area contributed by atoms with E-state index in [9.17, 15) is 9.18 Å². The number of amides is 1. The molecule has 1 aliphatic rings. The number of hydrogen-bond donors (Lipinski definition) is 1. The Kier molecular flexibility index (Phi) is 6.03. The standard InChI is InChI=1S/C22H24FN5OS/c1-14-12-24-22(30-14)27-20-11-19(25-15(2)26-20)10-16-4-3-9-28(13-16)21(29)17-5-7-18(23)8-6-17/h5-8,11-12,16H,3-4,9-10,13H2,1-2H3,(H,24,25,26,27)/t16-/m0/s1. The molecule has 2 aromatic heterocycles. The van der Waals surface area contributed by atoms with Crippen molar-refractivity contribution in [2.24, 2.45) is 5.92 Å². The quantitative estimate of drug-likeness (QED) is 0.650. The summed E-state index contributed by atoms with van der Waals surface area (Å²) in [5.74, 6) is 1.40. The van der Waals surface area contributed by atoms with Gasteiger partial charge in [0.05, 0.1) is 0 Å². The van der Waals surface area contributed by atoms with E-state index in [1.165, 1.54) is 12.1 Å². The number of aromatic nitrogens is 3. The summed E-state index contributed by atoms with van der Waals surface area (Å²) in [5, 5.41) is 4.07. The molecule has 30 heavy (non-hydrogen) atoms. The van der Waals surface area contributed by atoms with Crippen LogP contribution in [0.25, 0.3) is 0 Å². The molecular formula is C22H24FN5OS. The number of carbonyl (C=O) groups excluding carboxylic acids is 1. The van der Waals surface area contributed by atoms with Gasteiger partial charge < -0.3 is 10.2 Å². The van der Waals surface area contributed by atoms with Crippen molar-refractivity contribution in [3.05, 3.63) is 64.3 Å². The van der Waals surface area contributed by atoms with Crippen molar-refractivity contribution >= 4 is 28.2 Å². The molecule has 3 aromatic rings. The van der Waals surface area contributed by atoms with E-state index in [0.717, 1.165) is 47.3 Å². The maximum atomic E-state index is 13.2. The van der Waals surface area contributed by atoms with Gasteiger partial charge in [-0.2, -0.15) is 0 Å². The summed E-state index contributed by atoms with van der Waals surface area (Å²) in [6.45, 7) is 5.30. The second kappa shape index (κ2) is 8.87. The summed E-state index contributed by atoms with van der Waals surface area (Å²) in [7, 11) is 0. The van der Waals surface area contributed by atoms with Gasteiger partial charge in [-0.05, 0) is 63.3 Å². The van der Waals surface area contributed by atoms with E-state index >= 15 is 0 Å². The Morgan fingerprint density at radius 1 is 1.27 bits per heavy atom. The summed E-state index contributed by atoms with van der Waals surface area (Å²) in [6.07, 6.45) is 4.61. The molecule has 3 heterocycles. The Balaban J connectivity index is 1.43. The van der Waals surface area contributed by atoms with Crippen molar-refractivity contribution in [1.82, 2.24) is 19.9 Å². The number of benzene rings is 1. The smallest absolute Gasteiger partial charge is 0.253 e. The second-order valence-corrected chi connectivity index (χ2v) is 8.90.